The van der Waals surface area contributed by atoms with Crippen LogP contribution in [0.5, 0.6) is 0 Å². The van der Waals surface area contributed by atoms with Crippen LogP contribution in [0.2, 0.25) is 0 Å². The second-order valence-corrected chi connectivity index (χ2v) is 1.61. The zero-order valence-electron chi connectivity index (χ0n) is 4.30. The molecule has 0 aliphatic carbocycles. The summed E-state index contributed by atoms with van der Waals surface area (Å²) < 4.78 is 0. The average Bonchev–Trinajstić information content (AvgIpc) is 2.14. The summed E-state index contributed by atoms with van der Waals surface area (Å²) >= 11 is 0. The van der Waals surface area contributed by atoms with Crippen LogP contribution in [0.4, 0.5) is 0 Å². The lowest BCUT2D eigenvalue weighted by molar-refractivity contribution is 0.489. The molecule has 0 saturated heterocycles. The summed E-state index contributed by atoms with van der Waals surface area (Å²) in [7, 11) is 0. The molecule has 0 saturated carbocycles. The SMILES string of the molecule is C=CN1CC=CC1. The van der Waals surface area contributed by atoms with Gasteiger partial charge in [-0.2, -0.15) is 0 Å². The lowest BCUT2D eigenvalue weighted by atomic mass is 10.6. The van der Waals surface area contributed by atoms with E-state index >= 15 is 0 Å². The quantitative estimate of drug-likeness (QED) is 0.439. The van der Waals surface area contributed by atoms with E-state index in [9.17, 15) is 0 Å². The van der Waals surface area contributed by atoms with Crippen molar-refractivity contribution in [2.75, 3.05) is 13.1 Å². The molecule has 0 aromatic heterocycles. The number of nitrogens with zero attached hydrogens (tertiary/aromatic N) is 1. The van der Waals surface area contributed by atoms with Gasteiger partial charge in [-0.1, -0.05) is 18.7 Å². The molecule has 0 amide bonds. The lowest BCUT2D eigenvalue weighted by Crippen LogP contribution is -2.10. The predicted octanol–water partition coefficient (Wildman–Crippen LogP) is 1.00. The number of rotatable bonds is 1. The van der Waals surface area contributed by atoms with Crippen molar-refractivity contribution in [3.63, 3.8) is 0 Å². The fourth-order valence-electron chi connectivity index (χ4n) is 0.643. The van der Waals surface area contributed by atoms with E-state index in [0.29, 0.717) is 0 Å². The summed E-state index contributed by atoms with van der Waals surface area (Å²) in [5.74, 6) is 0. The van der Waals surface area contributed by atoms with E-state index in [1.54, 1.807) is 0 Å². The first-order valence-corrected chi connectivity index (χ1v) is 2.45. The highest BCUT2D eigenvalue weighted by Gasteiger charge is 1.95. The maximum absolute atomic E-state index is 3.63. The first-order valence-electron chi connectivity index (χ1n) is 2.45. The van der Waals surface area contributed by atoms with Crippen LogP contribution in [-0.4, -0.2) is 18.0 Å². The monoisotopic (exact) mass is 95.1 g/mol. The van der Waals surface area contributed by atoms with Crippen LogP contribution >= 0.6 is 0 Å². The minimum Gasteiger partial charge on any atom is -0.371 e. The first kappa shape index (κ1) is 4.44. The molecule has 38 valence electrons. The molecule has 0 N–H and O–H groups in total. The van der Waals surface area contributed by atoms with Gasteiger partial charge in [-0.3, -0.25) is 0 Å². The Morgan fingerprint density at radius 1 is 1.43 bits per heavy atom. The van der Waals surface area contributed by atoms with Crippen molar-refractivity contribution in [3.05, 3.63) is 24.9 Å². The molecular formula is C6H9N. The van der Waals surface area contributed by atoms with Crippen molar-refractivity contribution in [2.45, 2.75) is 0 Å². The van der Waals surface area contributed by atoms with Crippen molar-refractivity contribution >= 4 is 0 Å². The van der Waals surface area contributed by atoms with Crippen molar-refractivity contribution < 1.29 is 0 Å². The molecule has 0 atom stereocenters. The zero-order valence-corrected chi connectivity index (χ0v) is 4.30. The molecule has 0 bridgehead atoms. The van der Waals surface area contributed by atoms with Gasteiger partial charge in [-0.15, -0.1) is 0 Å². The molecule has 7 heavy (non-hydrogen) atoms. The van der Waals surface area contributed by atoms with Gasteiger partial charge in [0.2, 0.25) is 0 Å². The first-order chi connectivity index (χ1) is 3.43. The van der Waals surface area contributed by atoms with Gasteiger partial charge < -0.3 is 4.90 Å². The molecule has 0 spiro atoms. The Morgan fingerprint density at radius 2 is 2.00 bits per heavy atom. The Bertz CT molecular complexity index is 86.4. The van der Waals surface area contributed by atoms with Gasteiger partial charge in [0.05, 0.1) is 0 Å². The van der Waals surface area contributed by atoms with Crippen molar-refractivity contribution in [3.8, 4) is 0 Å². The van der Waals surface area contributed by atoms with E-state index < -0.39 is 0 Å². The Labute approximate surface area is 43.9 Å². The molecule has 1 aliphatic heterocycles. The van der Waals surface area contributed by atoms with Crippen LogP contribution < -0.4 is 0 Å². The fraction of sp³-hybridized carbons (Fsp3) is 0.333. The molecule has 0 radical (unpaired) electrons. The van der Waals surface area contributed by atoms with Crippen LogP contribution in [0.1, 0.15) is 0 Å². The van der Waals surface area contributed by atoms with E-state index in [1.807, 2.05) is 6.20 Å². The minimum absolute atomic E-state index is 1.05. The summed E-state index contributed by atoms with van der Waals surface area (Å²) in [6, 6.07) is 0. The highest BCUT2D eigenvalue weighted by Crippen LogP contribution is 1.96. The Morgan fingerprint density at radius 3 is 2.29 bits per heavy atom. The molecule has 1 aliphatic rings. The summed E-state index contributed by atoms with van der Waals surface area (Å²) in [6.45, 7) is 5.72. The lowest BCUT2D eigenvalue weighted by Gasteiger charge is -2.07. The summed E-state index contributed by atoms with van der Waals surface area (Å²) in [5, 5.41) is 0. The van der Waals surface area contributed by atoms with Crippen LogP contribution in [-0.2, 0) is 0 Å². The van der Waals surface area contributed by atoms with Crippen LogP contribution in [0.15, 0.2) is 24.9 Å². The van der Waals surface area contributed by atoms with Crippen LogP contribution in [0.3, 0.4) is 0 Å². The second-order valence-electron chi connectivity index (χ2n) is 1.61. The molecule has 0 aromatic carbocycles. The summed E-state index contributed by atoms with van der Waals surface area (Å²) in [6.07, 6.45) is 6.14. The number of hydrogen-bond donors (Lipinski definition) is 0. The van der Waals surface area contributed by atoms with E-state index in [-0.39, 0.29) is 0 Å². The Balaban J connectivity index is 2.35. The fourth-order valence-corrected chi connectivity index (χ4v) is 0.643. The third-order valence-corrected chi connectivity index (χ3v) is 1.10. The van der Waals surface area contributed by atoms with Gasteiger partial charge in [0.25, 0.3) is 0 Å². The van der Waals surface area contributed by atoms with E-state index in [0.717, 1.165) is 13.1 Å². The van der Waals surface area contributed by atoms with Crippen molar-refractivity contribution in [1.29, 1.82) is 0 Å². The molecule has 1 heteroatoms. The average molecular weight is 95.1 g/mol. The molecule has 1 heterocycles. The molecule has 0 fully saturated rings. The van der Waals surface area contributed by atoms with Gasteiger partial charge in [-0.25, -0.2) is 0 Å². The maximum atomic E-state index is 3.63. The van der Waals surface area contributed by atoms with Gasteiger partial charge in [0, 0.05) is 13.1 Å². The largest absolute Gasteiger partial charge is 0.371 e. The van der Waals surface area contributed by atoms with Gasteiger partial charge in [-0.05, 0) is 6.20 Å². The van der Waals surface area contributed by atoms with Gasteiger partial charge in [0.1, 0.15) is 0 Å². The van der Waals surface area contributed by atoms with E-state index in [2.05, 4.69) is 23.6 Å². The van der Waals surface area contributed by atoms with E-state index in [1.165, 1.54) is 0 Å². The normalized spacial score (nSPS) is 18.0. The number of hydrogen-bond acceptors (Lipinski definition) is 1. The predicted molar refractivity (Wildman–Crippen MR) is 30.9 cm³/mol. The van der Waals surface area contributed by atoms with Gasteiger partial charge >= 0.3 is 0 Å². The standard InChI is InChI=1S/C6H9N/c1-2-7-5-3-4-6-7/h2-4H,1,5-6H2. The minimum atomic E-state index is 1.05. The molecule has 1 nitrogen and oxygen atoms in total. The van der Waals surface area contributed by atoms with Crippen LogP contribution in [0, 0.1) is 0 Å². The molecule has 0 unspecified atom stereocenters. The summed E-state index contributed by atoms with van der Waals surface area (Å²) in [5.41, 5.74) is 0. The third kappa shape index (κ3) is 0.829. The highest BCUT2D eigenvalue weighted by atomic mass is 15.1. The second kappa shape index (κ2) is 1.82. The molecule has 0 aromatic rings. The van der Waals surface area contributed by atoms with Gasteiger partial charge in [0.15, 0.2) is 0 Å². The van der Waals surface area contributed by atoms with Crippen molar-refractivity contribution in [1.82, 2.24) is 4.90 Å². The Hall–Kier alpha value is -0.720. The van der Waals surface area contributed by atoms with Crippen LogP contribution in [0.25, 0.3) is 0 Å². The molecular weight excluding hydrogens is 86.1 g/mol. The maximum Gasteiger partial charge on any atom is 0.0357 e. The topological polar surface area (TPSA) is 3.24 Å². The Kier molecular flexibility index (Phi) is 1.16. The van der Waals surface area contributed by atoms with Crippen molar-refractivity contribution in [2.24, 2.45) is 0 Å². The zero-order chi connectivity index (χ0) is 5.11. The smallest absolute Gasteiger partial charge is 0.0357 e. The summed E-state index contributed by atoms with van der Waals surface area (Å²) in [4.78, 5) is 2.14. The van der Waals surface area contributed by atoms with E-state index in [4.69, 9.17) is 0 Å². The third-order valence-electron chi connectivity index (χ3n) is 1.10. The molecule has 1 rings (SSSR count). The highest BCUT2D eigenvalue weighted by molar-refractivity contribution is 4.98.